The first kappa shape index (κ1) is 17.8. The Labute approximate surface area is 114 Å². The normalized spacial score (nSPS) is 11.6. The van der Waals surface area contributed by atoms with E-state index in [2.05, 4.69) is 31.3 Å². The third-order valence-electron chi connectivity index (χ3n) is 2.52. The molecule has 1 aromatic carbocycles. The van der Waals surface area contributed by atoms with Crippen molar-refractivity contribution in [2.24, 2.45) is 0 Å². The number of benzene rings is 1. The SMILES string of the molecule is CCC[N+](C)(C)c1cccc(O)c1.COS(=O)(=O)[O-]. The van der Waals surface area contributed by atoms with Gasteiger partial charge >= 0.3 is 0 Å². The summed E-state index contributed by atoms with van der Waals surface area (Å²) in [6, 6.07) is 7.47. The van der Waals surface area contributed by atoms with Gasteiger partial charge in [-0.25, -0.2) is 8.42 Å². The first-order chi connectivity index (χ1) is 8.62. The molecule has 19 heavy (non-hydrogen) atoms. The molecule has 0 atom stereocenters. The molecule has 0 aliphatic heterocycles. The Balaban J connectivity index is 0.000000459. The Bertz CT molecular complexity index is 485. The second-order valence-corrected chi connectivity index (χ2v) is 5.65. The van der Waals surface area contributed by atoms with Crippen molar-refractivity contribution in [2.75, 3.05) is 27.7 Å². The predicted octanol–water partition coefficient (Wildman–Crippen LogP) is 1.46. The van der Waals surface area contributed by atoms with E-state index in [9.17, 15) is 18.1 Å². The van der Waals surface area contributed by atoms with Crippen LogP contribution in [0.4, 0.5) is 5.69 Å². The fourth-order valence-electron chi connectivity index (χ4n) is 1.56. The molecule has 0 spiro atoms. The van der Waals surface area contributed by atoms with Crippen molar-refractivity contribution in [2.45, 2.75) is 13.3 Å². The highest BCUT2D eigenvalue weighted by molar-refractivity contribution is 7.80. The minimum atomic E-state index is -4.41. The average molecular weight is 291 g/mol. The summed E-state index contributed by atoms with van der Waals surface area (Å²) in [4.78, 5) is 0. The maximum Gasteiger partial charge on any atom is 0.217 e. The van der Waals surface area contributed by atoms with Crippen LogP contribution in [-0.2, 0) is 14.6 Å². The van der Waals surface area contributed by atoms with Gasteiger partial charge in [-0.1, -0.05) is 13.0 Å². The van der Waals surface area contributed by atoms with Crippen LogP contribution in [0.3, 0.4) is 0 Å². The molecular formula is C12H21NO5S. The highest BCUT2D eigenvalue weighted by atomic mass is 32.3. The third kappa shape index (κ3) is 7.78. The summed E-state index contributed by atoms with van der Waals surface area (Å²) >= 11 is 0. The molecule has 0 saturated carbocycles. The van der Waals surface area contributed by atoms with Gasteiger partial charge in [0.15, 0.2) is 0 Å². The van der Waals surface area contributed by atoms with Gasteiger partial charge in [-0.2, -0.15) is 0 Å². The number of phenols is 1. The van der Waals surface area contributed by atoms with E-state index in [4.69, 9.17) is 0 Å². The maximum atomic E-state index is 9.33. The first-order valence-electron chi connectivity index (χ1n) is 5.76. The quantitative estimate of drug-likeness (QED) is 0.515. The number of hydrogen-bond donors (Lipinski definition) is 1. The Hall–Kier alpha value is -1.15. The lowest BCUT2D eigenvalue weighted by atomic mass is 10.2. The van der Waals surface area contributed by atoms with Crippen LogP contribution in [0, 0.1) is 0 Å². The highest BCUT2D eigenvalue weighted by Crippen LogP contribution is 2.23. The number of nitrogens with zero attached hydrogens (tertiary/aromatic N) is 1. The highest BCUT2D eigenvalue weighted by Gasteiger charge is 2.17. The van der Waals surface area contributed by atoms with Crippen molar-refractivity contribution in [3.8, 4) is 5.75 Å². The zero-order chi connectivity index (χ0) is 15.1. The van der Waals surface area contributed by atoms with Crippen LogP contribution in [0.2, 0.25) is 0 Å². The van der Waals surface area contributed by atoms with Crippen LogP contribution in [-0.4, -0.2) is 45.8 Å². The van der Waals surface area contributed by atoms with Gasteiger partial charge in [-0.05, 0) is 18.6 Å². The molecule has 0 aliphatic rings. The van der Waals surface area contributed by atoms with E-state index in [-0.39, 0.29) is 0 Å². The summed E-state index contributed by atoms with van der Waals surface area (Å²) < 4.78 is 31.8. The summed E-state index contributed by atoms with van der Waals surface area (Å²) in [6.45, 7) is 3.26. The molecule has 0 fully saturated rings. The molecule has 6 nitrogen and oxygen atoms in total. The second kappa shape index (κ2) is 7.44. The number of aromatic hydroxyl groups is 1. The van der Waals surface area contributed by atoms with Crippen LogP contribution in [0.1, 0.15) is 13.3 Å². The predicted molar refractivity (Wildman–Crippen MR) is 73.6 cm³/mol. The van der Waals surface area contributed by atoms with Crippen molar-refractivity contribution in [3.05, 3.63) is 24.3 Å². The summed E-state index contributed by atoms with van der Waals surface area (Å²) in [5.41, 5.74) is 1.15. The second-order valence-electron chi connectivity index (χ2n) is 4.50. The molecule has 0 amide bonds. The Morgan fingerprint density at radius 1 is 1.37 bits per heavy atom. The van der Waals surface area contributed by atoms with Crippen LogP contribution in [0.25, 0.3) is 0 Å². The minimum Gasteiger partial charge on any atom is -0.726 e. The number of hydrogen-bond acceptors (Lipinski definition) is 5. The Morgan fingerprint density at radius 3 is 2.26 bits per heavy atom. The smallest absolute Gasteiger partial charge is 0.217 e. The Kier molecular flexibility index (Phi) is 6.99. The van der Waals surface area contributed by atoms with Crippen LogP contribution >= 0.6 is 0 Å². The van der Waals surface area contributed by atoms with Gasteiger partial charge in [0.05, 0.1) is 27.7 Å². The molecule has 0 unspecified atom stereocenters. The van der Waals surface area contributed by atoms with Gasteiger partial charge in [-0.3, -0.25) is 8.67 Å². The molecular weight excluding hydrogens is 270 g/mol. The van der Waals surface area contributed by atoms with Crippen LogP contribution in [0.15, 0.2) is 24.3 Å². The lowest BCUT2D eigenvalue weighted by Crippen LogP contribution is -2.40. The van der Waals surface area contributed by atoms with Gasteiger partial charge < -0.3 is 9.66 Å². The van der Waals surface area contributed by atoms with E-state index in [1.807, 2.05) is 12.1 Å². The van der Waals surface area contributed by atoms with Crippen molar-refractivity contribution >= 4 is 16.1 Å². The third-order valence-corrected chi connectivity index (χ3v) is 2.92. The monoisotopic (exact) mass is 291 g/mol. The lowest BCUT2D eigenvalue weighted by Gasteiger charge is -2.28. The molecule has 0 aromatic heterocycles. The van der Waals surface area contributed by atoms with Gasteiger partial charge in [0.25, 0.3) is 0 Å². The van der Waals surface area contributed by atoms with Gasteiger partial charge in [0.1, 0.15) is 11.4 Å². The molecule has 0 aliphatic carbocycles. The number of rotatable bonds is 4. The average Bonchev–Trinajstić information content (AvgIpc) is 2.29. The van der Waals surface area contributed by atoms with E-state index in [1.54, 1.807) is 6.07 Å². The first-order valence-corrected chi connectivity index (χ1v) is 7.09. The Morgan fingerprint density at radius 2 is 1.89 bits per heavy atom. The van der Waals surface area contributed by atoms with E-state index < -0.39 is 10.4 Å². The number of quaternary nitrogens is 1. The molecule has 1 N–H and O–H groups in total. The van der Waals surface area contributed by atoms with E-state index in [0.29, 0.717) is 5.75 Å². The van der Waals surface area contributed by atoms with Gasteiger partial charge in [-0.15, -0.1) is 0 Å². The maximum absolute atomic E-state index is 9.33. The van der Waals surface area contributed by atoms with Crippen molar-refractivity contribution in [1.82, 2.24) is 4.48 Å². The van der Waals surface area contributed by atoms with E-state index >= 15 is 0 Å². The van der Waals surface area contributed by atoms with Gasteiger partial charge in [0, 0.05) is 6.07 Å². The zero-order valence-corrected chi connectivity index (χ0v) is 12.5. The standard InChI is InChI=1S/C11H17NO.CH4O4S/c1-4-8-12(2,3)10-6-5-7-11(13)9-10;1-5-6(2,3)4/h5-7,9H,4,8H2,1-3H3;1H3,(H,2,3,4). The van der Waals surface area contributed by atoms with Crippen molar-refractivity contribution < 1.29 is 22.3 Å². The zero-order valence-electron chi connectivity index (χ0n) is 11.7. The summed E-state index contributed by atoms with van der Waals surface area (Å²) in [7, 11) is 0.698. The lowest BCUT2D eigenvalue weighted by molar-refractivity contribution is 0.314. The molecule has 0 heterocycles. The molecule has 1 rings (SSSR count). The number of phenolic OH excluding ortho intramolecular Hbond substituents is 1. The molecule has 0 bridgehead atoms. The fourth-order valence-corrected chi connectivity index (χ4v) is 1.56. The summed E-state index contributed by atoms with van der Waals surface area (Å²) in [5, 5.41) is 9.33. The van der Waals surface area contributed by atoms with Crippen molar-refractivity contribution in [3.63, 3.8) is 0 Å². The fraction of sp³-hybridized carbons (Fsp3) is 0.500. The molecule has 0 radical (unpaired) electrons. The summed E-state index contributed by atoms with van der Waals surface area (Å²) in [5.74, 6) is 0.347. The van der Waals surface area contributed by atoms with Gasteiger partial charge in [0.2, 0.25) is 10.4 Å². The van der Waals surface area contributed by atoms with Crippen LogP contribution in [0.5, 0.6) is 5.75 Å². The summed E-state index contributed by atoms with van der Waals surface area (Å²) in [6.07, 6.45) is 1.14. The van der Waals surface area contributed by atoms with E-state index in [1.165, 1.54) is 0 Å². The van der Waals surface area contributed by atoms with E-state index in [0.717, 1.165) is 30.2 Å². The largest absolute Gasteiger partial charge is 0.726 e. The van der Waals surface area contributed by atoms with Crippen molar-refractivity contribution in [1.29, 1.82) is 0 Å². The molecule has 0 saturated heterocycles. The molecule has 110 valence electrons. The molecule has 1 aromatic rings. The molecule has 7 heteroatoms. The topological polar surface area (TPSA) is 86.7 Å². The minimum absolute atomic E-state index is 0.347. The van der Waals surface area contributed by atoms with Crippen LogP contribution < -0.4 is 4.48 Å².